The van der Waals surface area contributed by atoms with Gasteiger partial charge in [0.15, 0.2) is 0 Å². The molecular weight excluding hydrogens is 677 g/mol. The highest BCUT2D eigenvalue weighted by molar-refractivity contribution is 5.98. The first-order valence-electron chi connectivity index (χ1n) is 18.3. The zero-order chi connectivity index (χ0) is 39.4. The van der Waals surface area contributed by atoms with Gasteiger partial charge in [-0.1, -0.05) is 72.3 Å². The number of nitrogens with zero attached hydrogens (tertiary/aromatic N) is 1. The Morgan fingerprint density at radius 3 is 1.87 bits per heavy atom. The summed E-state index contributed by atoms with van der Waals surface area (Å²) in [5.74, 6) is 1.62. The van der Waals surface area contributed by atoms with Crippen LogP contribution in [0.5, 0.6) is 11.5 Å². The lowest BCUT2D eigenvalue weighted by Gasteiger charge is -2.40. The van der Waals surface area contributed by atoms with Crippen LogP contribution in [0.4, 0.5) is 16.2 Å². The van der Waals surface area contributed by atoms with Crippen LogP contribution in [0.3, 0.4) is 0 Å². The van der Waals surface area contributed by atoms with Crippen molar-refractivity contribution < 1.29 is 29.2 Å². The van der Waals surface area contributed by atoms with E-state index in [4.69, 9.17) is 14.2 Å². The highest BCUT2D eigenvalue weighted by Gasteiger charge is 2.38. The predicted molar refractivity (Wildman–Crippen MR) is 222 cm³/mol. The van der Waals surface area contributed by atoms with Gasteiger partial charge in [0, 0.05) is 27.9 Å². The molecule has 4 aromatic rings. The van der Waals surface area contributed by atoms with Crippen LogP contribution in [-0.2, 0) is 4.74 Å². The molecule has 2 unspecified atom stereocenters. The van der Waals surface area contributed by atoms with Gasteiger partial charge >= 0.3 is 6.09 Å². The number of hydrogen-bond donors (Lipinski definition) is 3. The topological polar surface area (TPSA) is 100 Å². The number of fused-ring (bicyclic) bond motifs is 2. The quantitative estimate of drug-likeness (QED) is 0.147. The van der Waals surface area contributed by atoms with E-state index in [0.29, 0.717) is 17.9 Å². The number of amides is 1. The number of benzene rings is 4. The fourth-order valence-electron chi connectivity index (χ4n) is 7.12. The summed E-state index contributed by atoms with van der Waals surface area (Å²) in [6, 6.07) is 27.9. The van der Waals surface area contributed by atoms with Crippen LogP contribution in [0.1, 0.15) is 66.5 Å². The average molecular weight is 731 g/mol. The van der Waals surface area contributed by atoms with E-state index in [1.54, 1.807) is 27.2 Å². The molecular formula is C46H54N2O6. The minimum atomic E-state index is -1.03. The number of aliphatic hydroxyl groups is 1. The minimum Gasteiger partial charge on any atom is -0.496 e. The highest BCUT2D eigenvalue weighted by atomic mass is 16.5. The van der Waals surface area contributed by atoms with Gasteiger partial charge in [-0.3, -0.25) is 4.90 Å². The SMILES string of the molecule is COc1ccccc1-c1ccc2c(c1)C(C(C)O)=CC(C)(C)N2C(=O)O.COc1ccccc1-c1ccc2c(c1)C(C(C)OCC=C(C)C)=CC(C)(C)N2. The molecule has 0 saturated heterocycles. The van der Waals surface area contributed by atoms with Gasteiger partial charge < -0.3 is 29.7 Å². The molecule has 0 radical (unpaired) electrons. The third kappa shape index (κ3) is 8.73. The normalized spacial score (nSPS) is 16.1. The van der Waals surface area contributed by atoms with Crippen molar-refractivity contribution in [2.45, 2.75) is 78.7 Å². The number of rotatable bonds is 9. The van der Waals surface area contributed by atoms with Crippen molar-refractivity contribution in [1.29, 1.82) is 0 Å². The highest BCUT2D eigenvalue weighted by Crippen LogP contribution is 2.44. The predicted octanol–water partition coefficient (Wildman–Crippen LogP) is 10.7. The maximum atomic E-state index is 11.9. The zero-order valence-corrected chi connectivity index (χ0v) is 33.2. The summed E-state index contributed by atoms with van der Waals surface area (Å²) >= 11 is 0. The van der Waals surface area contributed by atoms with Gasteiger partial charge in [0.25, 0.3) is 0 Å². The fraction of sp³-hybridized carbons (Fsp3) is 0.326. The van der Waals surface area contributed by atoms with Gasteiger partial charge in [0.2, 0.25) is 0 Å². The number of carboxylic acid groups (broad SMARTS) is 1. The number of ether oxygens (including phenoxy) is 3. The summed E-state index contributed by atoms with van der Waals surface area (Å²) in [4.78, 5) is 13.2. The van der Waals surface area contributed by atoms with Crippen molar-refractivity contribution in [1.82, 2.24) is 0 Å². The number of allylic oxidation sites excluding steroid dienone is 1. The Labute approximate surface area is 320 Å². The molecule has 2 atom stereocenters. The first kappa shape index (κ1) is 39.9. The van der Waals surface area contributed by atoms with Crippen LogP contribution >= 0.6 is 0 Å². The van der Waals surface area contributed by atoms with E-state index in [1.165, 1.54) is 21.6 Å². The number of carbonyl (C=O) groups is 1. The lowest BCUT2D eigenvalue weighted by molar-refractivity contribution is 0.129. The molecule has 0 aromatic heterocycles. The van der Waals surface area contributed by atoms with Crippen molar-refractivity contribution in [2.24, 2.45) is 0 Å². The number of hydrogen-bond acceptors (Lipinski definition) is 6. The molecule has 0 spiro atoms. The molecule has 8 heteroatoms. The second kappa shape index (κ2) is 16.4. The molecule has 6 rings (SSSR count). The van der Waals surface area contributed by atoms with E-state index >= 15 is 0 Å². The Morgan fingerprint density at radius 2 is 1.33 bits per heavy atom. The van der Waals surface area contributed by atoms with Crippen molar-refractivity contribution in [3.8, 4) is 33.8 Å². The van der Waals surface area contributed by atoms with Gasteiger partial charge in [0.1, 0.15) is 11.5 Å². The third-order valence-corrected chi connectivity index (χ3v) is 9.69. The maximum absolute atomic E-state index is 11.9. The van der Waals surface area contributed by atoms with Crippen molar-refractivity contribution in [2.75, 3.05) is 31.0 Å². The number of aliphatic hydroxyl groups excluding tert-OH is 1. The summed E-state index contributed by atoms with van der Waals surface area (Å²) in [5, 5.41) is 23.6. The summed E-state index contributed by atoms with van der Waals surface area (Å²) in [6.07, 6.45) is 4.49. The summed E-state index contributed by atoms with van der Waals surface area (Å²) in [7, 11) is 3.33. The number of anilines is 2. The first-order chi connectivity index (χ1) is 25.6. The van der Waals surface area contributed by atoms with E-state index in [1.807, 2.05) is 74.5 Å². The number of methoxy groups -OCH3 is 2. The Kier molecular flexibility index (Phi) is 12.1. The molecule has 0 aliphatic carbocycles. The lowest BCUT2D eigenvalue weighted by atomic mass is 9.85. The Balaban J connectivity index is 0.000000208. The molecule has 0 fully saturated rings. The second-order valence-corrected chi connectivity index (χ2v) is 15.1. The smallest absolute Gasteiger partial charge is 0.412 e. The number of para-hydroxylation sites is 2. The third-order valence-electron chi connectivity index (χ3n) is 9.69. The zero-order valence-electron chi connectivity index (χ0n) is 33.2. The summed E-state index contributed by atoms with van der Waals surface area (Å²) in [5.41, 5.74) is 9.99. The second-order valence-electron chi connectivity index (χ2n) is 15.1. The first-order valence-corrected chi connectivity index (χ1v) is 18.3. The molecule has 284 valence electrons. The van der Waals surface area contributed by atoms with E-state index in [0.717, 1.165) is 45.0 Å². The lowest BCUT2D eigenvalue weighted by Crippen LogP contribution is -2.48. The average Bonchev–Trinajstić information content (AvgIpc) is 3.13. The van der Waals surface area contributed by atoms with E-state index < -0.39 is 17.7 Å². The van der Waals surface area contributed by atoms with E-state index in [2.05, 4.69) is 76.4 Å². The van der Waals surface area contributed by atoms with Gasteiger partial charge in [0.05, 0.1) is 49.8 Å². The van der Waals surface area contributed by atoms with Crippen LogP contribution < -0.4 is 19.7 Å². The van der Waals surface area contributed by atoms with Crippen molar-refractivity contribution >= 4 is 28.6 Å². The monoisotopic (exact) mass is 730 g/mol. The van der Waals surface area contributed by atoms with Crippen LogP contribution in [0.15, 0.2) is 109 Å². The molecule has 3 N–H and O–H groups in total. The van der Waals surface area contributed by atoms with Crippen LogP contribution in [0.25, 0.3) is 33.4 Å². The Hall–Kier alpha value is -5.31. The fourth-order valence-corrected chi connectivity index (χ4v) is 7.12. The summed E-state index contributed by atoms with van der Waals surface area (Å²) in [6.45, 7) is 16.6. The van der Waals surface area contributed by atoms with Gasteiger partial charge in [-0.15, -0.1) is 0 Å². The summed E-state index contributed by atoms with van der Waals surface area (Å²) < 4.78 is 17.1. The molecule has 2 aliphatic heterocycles. The van der Waals surface area contributed by atoms with E-state index in [-0.39, 0.29) is 11.6 Å². The van der Waals surface area contributed by atoms with Crippen LogP contribution in [-0.4, -0.2) is 60.4 Å². The Morgan fingerprint density at radius 1 is 0.778 bits per heavy atom. The molecule has 0 bridgehead atoms. The van der Waals surface area contributed by atoms with E-state index in [9.17, 15) is 15.0 Å². The van der Waals surface area contributed by atoms with Gasteiger partial charge in [-0.25, -0.2) is 4.79 Å². The van der Waals surface area contributed by atoms with Gasteiger partial charge in [-0.05, 0) is 114 Å². The largest absolute Gasteiger partial charge is 0.496 e. The molecule has 4 aromatic carbocycles. The molecule has 8 nitrogen and oxygen atoms in total. The maximum Gasteiger partial charge on any atom is 0.412 e. The van der Waals surface area contributed by atoms with Gasteiger partial charge in [-0.2, -0.15) is 0 Å². The number of nitrogens with one attached hydrogen (secondary N) is 1. The minimum absolute atomic E-state index is 0.00337. The molecule has 2 heterocycles. The van der Waals surface area contributed by atoms with Crippen molar-refractivity contribution in [3.05, 3.63) is 120 Å². The van der Waals surface area contributed by atoms with Crippen molar-refractivity contribution in [3.63, 3.8) is 0 Å². The van der Waals surface area contributed by atoms with Crippen LogP contribution in [0, 0.1) is 0 Å². The Bertz CT molecular complexity index is 2090. The standard InChI is InChI=1S/C25H31NO2.C21H23NO4/c1-17(2)13-14-28-18(3)22-16-25(4,5)26-23-12-11-19(15-21(22)23)20-9-7-8-10-24(20)27-6;1-13(23)17-12-21(2,3)22(20(24)25)18-10-9-14(11-16(17)18)15-7-5-6-8-19(15)26-4/h7-13,15-16,18,26H,14H2,1-6H3;5-13,23H,1-4H3,(H,24,25). The molecule has 54 heavy (non-hydrogen) atoms. The molecule has 2 aliphatic rings. The molecule has 0 saturated carbocycles. The van der Waals surface area contributed by atoms with Crippen LogP contribution in [0.2, 0.25) is 0 Å². The molecule has 1 amide bonds.